The van der Waals surface area contributed by atoms with Crippen molar-refractivity contribution in [1.82, 2.24) is 24.7 Å². The number of nitrogens with zero attached hydrogens (tertiary/aromatic N) is 7. The Hall–Kier alpha value is -3.48. The number of anilines is 1. The fraction of sp³-hybridized carbons (Fsp3) is 0.576. The fourth-order valence-electron chi connectivity index (χ4n) is 7.50. The van der Waals surface area contributed by atoms with E-state index in [9.17, 15) is 10.1 Å². The average molecular weight is 570 g/mol. The van der Waals surface area contributed by atoms with E-state index in [2.05, 4.69) is 72.4 Å². The lowest BCUT2D eigenvalue weighted by molar-refractivity contribution is -0.128. The van der Waals surface area contributed by atoms with Gasteiger partial charge in [-0.1, -0.05) is 30.8 Å². The van der Waals surface area contributed by atoms with Gasteiger partial charge in [-0.3, -0.25) is 14.6 Å². The van der Waals surface area contributed by atoms with Crippen LogP contribution in [-0.4, -0.2) is 81.0 Å². The number of hydrogen-bond acceptors (Lipinski definition) is 8. The summed E-state index contributed by atoms with van der Waals surface area (Å²) in [5.74, 6) is 0.759. The van der Waals surface area contributed by atoms with Crippen LogP contribution in [0.3, 0.4) is 0 Å². The van der Waals surface area contributed by atoms with Crippen molar-refractivity contribution < 1.29 is 9.53 Å². The second kappa shape index (κ2) is 11.7. The van der Waals surface area contributed by atoms with Gasteiger partial charge in [0.15, 0.2) is 0 Å². The standard InChI is InChI=1S/C33H43N7O2/c1-5-30(41)39-18-17-37(19-24(39)14-15-34)31-27-20-38(29-13-12-23-9-6-7-11-26(23)29)21-28(27)35-32(36-31)42-22-25-10-8-16-40(25)33(2,3)4/h5-7,9,11,24-25,29H,1,8,10,12-14,16-22H2,2-4H3/t24-,25-,29?/m0/s1. The Bertz CT molecular complexity index is 1380. The van der Waals surface area contributed by atoms with Gasteiger partial charge < -0.3 is 14.5 Å². The molecule has 1 aliphatic carbocycles. The number of hydrogen-bond donors (Lipinski definition) is 0. The number of aromatic nitrogens is 2. The van der Waals surface area contributed by atoms with Gasteiger partial charge in [0, 0.05) is 55.9 Å². The molecule has 2 aromatic rings. The molecule has 0 saturated carbocycles. The van der Waals surface area contributed by atoms with Crippen LogP contribution in [-0.2, 0) is 24.3 Å². The summed E-state index contributed by atoms with van der Waals surface area (Å²) in [7, 11) is 0. The van der Waals surface area contributed by atoms with Crippen LogP contribution in [0, 0.1) is 11.3 Å². The SMILES string of the molecule is C=CC(=O)N1CCN(c2nc(OC[C@@H]3CCCN3C(C)(C)C)nc3c2CN(C2CCc4ccccc42)C3)C[C@@H]1CC#N. The Morgan fingerprint density at radius 1 is 1.14 bits per heavy atom. The topological polar surface area (TPSA) is 88.8 Å². The first-order chi connectivity index (χ1) is 20.3. The average Bonchev–Trinajstić information content (AvgIpc) is 3.73. The summed E-state index contributed by atoms with van der Waals surface area (Å²) in [5.41, 5.74) is 5.12. The molecule has 0 radical (unpaired) electrons. The molecule has 1 aromatic heterocycles. The maximum absolute atomic E-state index is 12.6. The highest BCUT2D eigenvalue weighted by Gasteiger charge is 2.38. The molecule has 0 spiro atoms. The van der Waals surface area contributed by atoms with Gasteiger partial charge in [0.25, 0.3) is 0 Å². The molecule has 9 nitrogen and oxygen atoms in total. The summed E-state index contributed by atoms with van der Waals surface area (Å²) in [4.78, 5) is 31.7. The Balaban J connectivity index is 1.28. The van der Waals surface area contributed by atoms with Crippen LogP contribution in [0.2, 0.25) is 0 Å². The van der Waals surface area contributed by atoms with Crippen molar-refractivity contribution >= 4 is 11.7 Å². The van der Waals surface area contributed by atoms with Crippen LogP contribution < -0.4 is 9.64 Å². The van der Waals surface area contributed by atoms with Crippen LogP contribution in [0.15, 0.2) is 36.9 Å². The highest BCUT2D eigenvalue weighted by atomic mass is 16.5. The van der Waals surface area contributed by atoms with E-state index in [1.807, 2.05) is 0 Å². The van der Waals surface area contributed by atoms with E-state index in [1.54, 1.807) is 4.90 Å². The highest BCUT2D eigenvalue weighted by molar-refractivity contribution is 5.87. The van der Waals surface area contributed by atoms with Crippen LogP contribution in [0.4, 0.5) is 5.82 Å². The normalized spacial score (nSPS) is 24.4. The molecular formula is C33H43N7O2. The second-order valence-electron chi connectivity index (χ2n) is 13.1. The van der Waals surface area contributed by atoms with Gasteiger partial charge in [0.1, 0.15) is 12.4 Å². The predicted octanol–water partition coefficient (Wildman–Crippen LogP) is 4.24. The number of nitriles is 1. The zero-order valence-corrected chi connectivity index (χ0v) is 25.3. The number of carbonyl (C=O) groups excluding carboxylic acids is 1. The molecule has 4 aliphatic rings. The lowest BCUT2D eigenvalue weighted by Gasteiger charge is -2.41. The number of piperazine rings is 1. The van der Waals surface area contributed by atoms with Crippen LogP contribution >= 0.6 is 0 Å². The molecule has 1 aromatic carbocycles. The van der Waals surface area contributed by atoms with Gasteiger partial charge in [0.05, 0.1) is 24.2 Å². The largest absolute Gasteiger partial charge is 0.462 e. The minimum atomic E-state index is -0.220. The second-order valence-corrected chi connectivity index (χ2v) is 13.1. The van der Waals surface area contributed by atoms with Gasteiger partial charge in [-0.05, 0) is 70.2 Å². The van der Waals surface area contributed by atoms with Crippen LogP contribution in [0.25, 0.3) is 0 Å². The first-order valence-corrected chi connectivity index (χ1v) is 15.4. The van der Waals surface area contributed by atoms with E-state index in [4.69, 9.17) is 14.7 Å². The third-order valence-electron chi connectivity index (χ3n) is 9.52. The molecule has 2 saturated heterocycles. The number of ether oxygens (including phenoxy) is 1. The first kappa shape index (κ1) is 28.6. The third-order valence-corrected chi connectivity index (χ3v) is 9.52. The monoisotopic (exact) mass is 569 g/mol. The smallest absolute Gasteiger partial charge is 0.318 e. The number of aryl methyl sites for hydroxylation is 1. The molecule has 42 heavy (non-hydrogen) atoms. The van der Waals surface area contributed by atoms with Gasteiger partial charge >= 0.3 is 6.01 Å². The molecule has 4 heterocycles. The minimum Gasteiger partial charge on any atom is -0.462 e. The van der Waals surface area contributed by atoms with Crippen molar-refractivity contribution in [2.75, 3.05) is 37.7 Å². The van der Waals surface area contributed by atoms with E-state index in [-0.39, 0.29) is 23.9 Å². The quantitative estimate of drug-likeness (QED) is 0.458. The molecule has 222 valence electrons. The number of carbonyl (C=O) groups is 1. The van der Waals surface area contributed by atoms with E-state index in [0.717, 1.165) is 56.0 Å². The Morgan fingerprint density at radius 3 is 2.76 bits per heavy atom. The Kier molecular flexibility index (Phi) is 7.95. The number of benzene rings is 1. The molecule has 1 amide bonds. The van der Waals surface area contributed by atoms with Crippen molar-refractivity contribution in [3.05, 3.63) is 59.3 Å². The molecule has 3 atom stereocenters. The number of amides is 1. The molecule has 0 bridgehead atoms. The van der Waals surface area contributed by atoms with E-state index < -0.39 is 0 Å². The molecular weight excluding hydrogens is 526 g/mol. The van der Waals surface area contributed by atoms with Gasteiger partial charge in [0.2, 0.25) is 5.91 Å². The maximum atomic E-state index is 12.6. The van der Waals surface area contributed by atoms with Crippen molar-refractivity contribution in [1.29, 1.82) is 5.26 Å². The molecule has 3 aliphatic heterocycles. The molecule has 0 N–H and O–H groups in total. The predicted molar refractivity (Wildman–Crippen MR) is 162 cm³/mol. The van der Waals surface area contributed by atoms with Crippen LogP contribution in [0.5, 0.6) is 6.01 Å². The van der Waals surface area contributed by atoms with E-state index in [1.165, 1.54) is 23.6 Å². The fourth-order valence-corrected chi connectivity index (χ4v) is 7.50. The number of fused-ring (bicyclic) bond motifs is 2. The number of likely N-dealkylation sites (tertiary alicyclic amines) is 1. The van der Waals surface area contributed by atoms with Crippen molar-refractivity contribution in [3.63, 3.8) is 0 Å². The summed E-state index contributed by atoms with van der Waals surface area (Å²) in [6.45, 7) is 15.3. The lowest BCUT2D eigenvalue weighted by Crippen LogP contribution is -2.55. The Labute approximate surface area is 249 Å². The third kappa shape index (κ3) is 5.50. The zero-order chi connectivity index (χ0) is 29.4. The van der Waals surface area contributed by atoms with Crippen molar-refractivity contribution in [3.8, 4) is 12.1 Å². The zero-order valence-electron chi connectivity index (χ0n) is 25.3. The van der Waals surface area contributed by atoms with Gasteiger partial charge in [-0.2, -0.15) is 15.2 Å². The highest BCUT2D eigenvalue weighted by Crippen LogP contribution is 2.42. The number of rotatable bonds is 7. The molecule has 9 heteroatoms. The molecule has 2 fully saturated rings. The summed E-state index contributed by atoms with van der Waals surface area (Å²) in [5, 5.41) is 9.55. The molecule has 1 unspecified atom stereocenters. The van der Waals surface area contributed by atoms with E-state index >= 15 is 0 Å². The first-order valence-electron chi connectivity index (χ1n) is 15.4. The Morgan fingerprint density at radius 2 is 1.98 bits per heavy atom. The van der Waals surface area contributed by atoms with Crippen molar-refractivity contribution in [2.24, 2.45) is 0 Å². The summed E-state index contributed by atoms with van der Waals surface area (Å²) < 4.78 is 6.40. The van der Waals surface area contributed by atoms with Crippen molar-refractivity contribution in [2.45, 2.75) is 89.6 Å². The maximum Gasteiger partial charge on any atom is 0.318 e. The van der Waals surface area contributed by atoms with Gasteiger partial charge in [-0.15, -0.1) is 0 Å². The molecule has 6 rings (SSSR count). The summed E-state index contributed by atoms with van der Waals surface area (Å²) in [6.07, 6.45) is 6.10. The van der Waals surface area contributed by atoms with E-state index in [0.29, 0.717) is 44.3 Å². The summed E-state index contributed by atoms with van der Waals surface area (Å²) >= 11 is 0. The lowest BCUT2D eigenvalue weighted by atomic mass is 10.1. The summed E-state index contributed by atoms with van der Waals surface area (Å²) in [6, 6.07) is 12.0. The minimum absolute atomic E-state index is 0.0882. The van der Waals surface area contributed by atoms with Crippen LogP contribution in [0.1, 0.15) is 74.9 Å². The van der Waals surface area contributed by atoms with Gasteiger partial charge in [-0.25, -0.2) is 0 Å².